The molecule has 2 N–H and O–H groups in total. The molecule has 1 amide bonds. The molecule has 0 aliphatic rings. The van der Waals surface area contributed by atoms with Crippen molar-refractivity contribution in [3.8, 4) is 5.75 Å². The number of halogens is 1. The molecule has 5 heteroatoms. The third-order valence-electron chi connectivity index (χ3n) is 2.59. The number of aliphatic hydroxyl groups is 1. The van der Waals surface area contributed by atoms with E-state index >= 15 is 0 Å². The van der Waals surface area contributed by atoms with Crippen LogP contribution in [0.5, 0.6) is 5.75 Å². The lowest BCUT2D eigenvalue weighted by atomic mass is 10.2. The van der Waals surface area contributed by atoms with Crippen molar-refractivity contribution in [1.82, 2.24) is 5.32 Å². The van der Waals surface area contributed by atoms with E-state index in [4.69, 9.17) is 21.4 Å². The smallest absolute Gasteiger partial charge is 0.258 e. The van der Waals surface area contributed by atoms with Gasteiger partial charge in [-0.3, -0.25) is 4.79 Å². The van der Waals surface area contributed by atoms with E-state index in [0.29, 0.717) is 16.3 Å². The van der Waals surface area contributed by atoms with Gasteiger partial charge < -0.3 is 15.2 Å². The lowest BCUT2D eigenvalue weighted by Gasteiger charge is -2.14. The van der Waals surface area contributed by atoms with Crippen LogP contribution >= 0.6 is 11.6 Å². The van der Waals surface area contributed by atoms with Crippen LogP contribution in [0.25, 0.3) is 0 Å². The Morgan fingerprint density at radius 2 is 2.28 bits per heavy atom. The highest BCUT2D eigenvalue weighted by molar-refractivity contribution is 6.32. The molecule has 0 spiro atoms. The Hall–Kier alpha value is -1.26. The van der Waals surface area contributed by atoms with E-state index in [1.54, 1.807) is 18.2 Å². The summed E-state index contributed by atoms with van der Waals surface area (Å²) in [7, 11) is 0. The molecule has 1 atom stereocenters. The summed E-state index contributed by atoms with van der Waals surface area (Å²) in [5.74, 6) is 0.161. The first-order valence-electron chi connectivity index (χ1n) is 5.88. The molecule has 0 aromatic heterocycles. The lowest BCUT2D eigenvalue weighted by Crippen LogP contribution is -2.35. The SMILES string of the molecule is CCC(C)NC(=O)COc1c(Cl)cccc1CO. The maximum Gasteiger partial charge on any atom is 0.258 e. The van der Waals surface area contributed by atoms with Crippen molar-refractivity contribution in [2.75, 3.05) is 6.61 Å². The van der Waals surface area contributed by atoms with Gasteiger partial charge in [0.15, 0.2) is 6.61 Å². The summed E-state index contributed by atoms with van der Waals surface area (Å²) >= 11 is 5.96. The highest BCUT2D eigenvalue weighted by atomic mass is 35.5. The second kappa shape index (κ2) is 7.24. The van der Waals surface area contributed by atoms with Crippen molar-refractivity contribution in [3.05, 3.63) is 28.8 Å². The van der Waals surface area contributed by atoms with Gasteiger partial charge in [-0.1, -0.05) is 30.7 Å². The van der Waals surface area contributed by atoms with Gasteiger partial charge in [0.25, 0.3) is 5.91 Å². The zero-order valence-electron chi connectivity index (χ0n) is 10.6. The minimum Gasteiger partial charge on any atom is -0.482 e. The molecule has 1 unspecified atom stereocenters. The zero-order valence-corrected chi connectivity index (χ0v) is 11.3. The fourth-order valence-electron chi connectivity index (χ4n) is 1.40. The number of benzene rings is 1. The Labute approximate surface area is 112 Å². The number of aliphatic hydroxyl groups excluding tert-OH is 1. The number of hydrogen-bond acceptors (Lipinski definition) is 3. The molecule has 1 aromatic rings. The number of hydrogen-bond donors (Lipinski definition) is 2. The summed E-state index contributed by atoms with van der Waals surface area (Å²) < 4.78 is 5.36. The molecule has 0 heterocycles. The minimum absolute atomic E-state index is 0.110. The Kier molecular flexibility index (Phi) is 5.95. The monoisotopic (exact) mass is 271 g/mol. The van der Waals surface area contributed by atoms with Crippen molar-refractivity contribution in [2.45, 2.75) is 32.9 Å². The molecule has 1 aromatic carbocycles. The lowest BCUT2D eigenvalue weighted by molar-refractivity contribution is -0.123. The van der Waals surface area contributed by atoms with Crippen LogP contribution in [0, 0.1) is 0 Å². The molecule has 0 bridgehead atoms. The maximum atomic E-state index is 11.6. The summed E-state index contributed by atoms with van der Waals surface area (Å²) in [5, 5.41) is 12.3. The van der Waals surface area contributed by atoms with Gasteiger partial charge in [0.1, 0.15) is 5.75 Å². The van der Waals surface area contributed by atoms with Gasteiger partial charge in [0, 0.05) is 11.6 Å². The first-order valence-corrected chi connectivity index (χ1v) is 6.26. The first-order chi connectivity index (χ1) is 8.58. The van der Waals surface area contributed by atoms with Crippen LogP contribution in [0.15, 0.2) is 18.2 Å². The fraction of sp³-hybridized carbons (Fsp3) is 0.462. The second-order valence-electron chi connectivity index (χ2n) is 4.05. The maximum absolute atomic E-state index is 11.6. The third-order valence-corrected chi connectivity index (χ3v) is 2.88. The minimum atomic E-state index is -0.201. The summed E-state index contributed by atoms with van der Waals surface area (Å²) in [6.45, 7) is 3.63. The van der Waals surface area contributed by atoms with E-state index in [1.165, 1.54) is 0 Å². The van der Waals surface area contributed by atoms with E-state index in [2.05, 4.69) is 5.32 Å². The fourth-order valence-corrected chi connectivity index (χ4v) is 1.64. The van der Waals surface area contributed by atoms with Crippen LogP contribution in [0.4, 0.5) is 0 Å². The van der Waals surface area contributed by atoms with Crippen molar-refractivity contribution < 1.29 is 14.6 Å². The van der Waals surface area contributed by atoms with Gasteiger partial charge in [-0.25, -0.2) is 0 Å². The molecule has 0 fully saturated rings. The molecule has 4 nitrogen and oxygen atoms in total. The van der Waals surface area contributed by atoms with E-state index in [9.17, 15) is 4.79 Å². The average Bonchev–Trinajstić information content (AvgIpc) is 2.36. The van der Waals surface area contributed by atoms with Gasteiger partial charge in [-0.05, 0) is 19.4 Å². The Balaban J connectivity index is 2.60. The van der Waals surface area contributed by atoms with Crippen molar-refractivity contribution in [3.63, 3.8) is 0 Å². The van der Waals surface area contributed by atoms with Gasteiger partial charge >= 0.3 is 0 Å². The molecule has 0 saturated carbocycles. The van der Waals surface area contributed by atoms with E-state index in [-0.39, 0.29) is 25.2 Å². The number of amides is 1. The molecule has 0 radical (unpaired) electrons. The predicted molar refractivity (Wildman–Crippen MR) is 70.8 cm³/mol. The highest BCUT2D eigenvalue weighted by Crippen LogP contribution is 2.28. The third kappa shape index (κ3) is 4.20. The number of carbonyl (C=O) groups is 1. The molecular weight excluding hydrogens is 254 g/mol. The van der Waals surface area contributed by atoms with Crippen LogP contribution in [-0.4, -0.2) is 23.7 Å². The Morgan fingerprint density at radius 1 is 1.56 bits per heavy atom. The summed E-state index contributed by atoms with van der Waals surface area (Å²) in [4.78, 5) is 11.6. The van der Waals surface area contributed by atoms with Gasteiger partial charge in [0.2, 0.25) is 0 Å². The Morgan fingerprint density at radius 3 is 2.89 bits per heavy atom. The summed E-state index contributed by atoms with van der Waals surface area (Å²) in [5.41, 5.74) is 0.568. The predicted octanol–water partition coefficient (Wildman–Crippen LogP) is 2.13. The molecule has 100 valence electrons. The first kappa shape index (κ1) is 14.8. The molecule has 0 saturated heterocycles. The van der Waals surface area contributed by atoms with Crippen LogP contribution in [0.1, 0.15) is 25.8 Å². The molecule has 1 rings (SSSR count). The summed E-state index contributed by atoms with van der Waals surface area (Å²) in [6.07, 6.45) is 0.861. The average molecular weight is 272 g/mol. The van der Waals surface area contributed by atoms with Crippen molar-refractivity contribution in [2.24, 2.45) is 0 Å². The van der Waals surface area contributed by atoms with Crippen LogP contribution < -0.4 is 10.1 Å². The van der Waals surface area contributed by atoms with E-state index in [1.807, 2.05) is 13.8 Å². The van der Waals surface area contributed by atoms with Gasteiger partial charge in [-0.2, -0.15) is 0 Å². The van der Waals surface area contributed by atoms with E-state index < -0.39 is 0 Å². The molecule has 18 heavy (non-hydrogen) atoms. The number of nitrogens with one attached hydrogen (secondary N) is 1. The van der Waals surface area contributed by atoms with E-state index in [0.717, 1.165) is 6.42 Å². The standard InChI is InChI=1S/C13H18ClNO3/c1-3-9(2)15-12(17)8-18-13-10(7-16)5-4-6-11(13)14/h4-6,9,16H,3,7-8H2,1-2H3,(H,15,17). The van der Waals surface area contributed by atoms with Crippen LogP contribution in [0.2, 0.25) is 5.02 Å². The van der Waals surface area contributed by atoms with Crippen LogP contribution in [0.3, 0.4) is 0 Å². The quantitative estimate of drug-likeness (QED) is 0.833. The topological polar surface area (TPSA) is 58.6 Å². The highest BCUT2D eigenvalue weighted by Gasteiger charge is 2.11. The van der Waals surface area contributed by atoms with Crippen LogP contribution in [-0.2, 0) is 11.4 Å². The number of rotatable bonds is 6. The normalized spacial score (nSPS) is 12.0. The molecule has 0 aliphatic heterocycles. The van der Waals surface area contributed by atoms with Crippen molar-refractivity contribution >= 4 is 17.5 Å². The van der Waals surface area contributed by atoms with Crippen molar-refractivity contribution in [1.29, 1.82) is 0 Å². The zero-order chi connectivity index (χ0) is 13.5. The number of carbonyl (C=O) groups excluding carboxylic acids is 1. The second-order valence-corrected chi connectivity index (χ2v) is 4.46. The van der Waals surface area contributed by atoms with Gasteiger partial charge in [0.05, 0.1) is 11.6 Å². The molecule has 0 aliphatic carbocycles. The summed E-state index contributed by atoms with van der Waals surface area (Å²) in [6, 6.07) is 5.20. The largest absolute Gasteiger partial charge is 0.482 e. The Bertz CT molecular complexity index is 409. The number of ether oxygens (including phenoxy) is 1. The molecular formula is C13H18ClNO3. The van der Waals surface area contributed by atoms with Gasteiger partial charge in [-0.15, -0.1) is 0 Å². The number of para-hydroxylation sites is 1.